The van der Waals surface area contributed by atoms with E-state index in [1.54, 1.807) is 0 Å². The molecule has 2 aromatic rings. The monoisotopic (exact) mass is 371 g/mol. The van der Waals surface area contributed by atoms with Crippen molar-refractivity contribution in [1.29, 1.82) is 0 Å². The van der Waals surface area contributed by atoms with Gasteiger partial charge in [0.25, 0.3) is 11.5 Å². The summed E-state index contributed by atoms with van der Waals surface area (Å²) in [5.74, 6) is -0.0353. The molecule has 8 nitrogen and oxygen atoms in total. The Morgan fingerprint density at radius 3 is 2.67 bits per heavy atom. The predicted molar refractivity (Wildman–Crippen MR) is 103 cm³/mol. The van der Waals surface area contributed by atoms with E-state index in [2.05, 4.69) is 15.5 Å². The minimum absolute atomic E-state index is 0.157. The van der Waals surface area contributed by atoms with E-state index in [0.717, 1.165) is 11.3 Å². The van der Waals surface area contributed by atoms with E-state index in [4.69, 9.17) is 4.74 Å². The number of nitrogens with zero attached hydrogens (tertiary/aromatic N) is 4. The van der Waals surface area contributed by atoms with Gasteiger partial charge in [-0.05, 0) is 39.3 Å². The molecule has 1 N–H and O–H groups in total. The topological polar surface area (TPSA) is 89.3 Å². The Balaban J connectivity index is 1.69. The zero-order valence-electron chi connectivity index (χ0n) is 15.9. The molecular formula is C19H25N5O3. The number of anilines is 2. The van der Waals surface area contributed by atoms with Crippen LogP contribution in [-0.2, 0) is 11.3 Å². The van der Waals surface area contributed by atoms with Crippen LogP contribution in [0.5, 0.6) is 0 Å². The molecule has 0 spiro atoms. The standard InChI is InChI=1S/C19H25N5O3/c1-13(2)27-12-4-9-20-17(25)16-18(26)24-11-10-23(19(24)22-21-16)15-7-5-14(3)6-8-15/h5-8,13H,4,9-12H2,1-3H3,(H,20,25). The van der Waals surface area contributed by atoms with E-state index < -0.39 is 11.5 Å². The normalized spacial score (nSPS) is 13.1. The molecule has 0 fully saturated rings. The second-order valence-electron chi connectivity index (χ2n) is 6.82. The fourth-order valence-corrected chi connectivity index (χ4v) is 2.90. The van der Waals surface area contributed by atoms with Gasteiger partial charge in [-0.25, -0.2) is 0 Å². The molecule has 1 aromatic heterocycles. The summed E-state index contributed by atoms with van der Waals surface area (Å²) in [4.78, 5) is 26.9. The maximum Gasteiger partial charge on any atom is 0.286 e. The van der Waals surface area contributed by atoms with Gasteiger partial charge in [0.2, 0.25) is 11.6 Å². The number of nitrogens with one attached hydrogen (secondary N) is 1. The molecule has 1 aliphatic rings. The van der Waals surface area contributed by atoms with Crippen LogP contribution in [0, 0.1) is 6.92 Å². The Kier molecular flexibility index (Phi) is 5.85. The van der Waals surface area contributed by atoms with E-state index in [1.165, 1.54) is 4.57 Å². The second-order valence-corrected chi connectivity index (χ2v) is 6.82. The highest BCUT2D eigenvalue weighted by Crippen LogP contribution is 2.26. The molecule has 27 heavy (non-hydrogen) atoms. The van der Waals surface area contributed by atoms with Crippen LogP contribution in [0.1, 0.15) is 36.3 Å². The van der Waals surface area contributed by atoms with Gasteiger partial charge < -0.3 is 15.0 Å². The van der Waals surface area contributed by atoms with E-state index in [1.807, 2.05) is 49.9 Å². The molecule has 3 rings (SSSR count). The first kappa shape index (κ1) is 19.0. The highest BCUT2D eigenvalue weighted by molar-refractivity contribution is 5.91. The molecule has 1 aromatic carbocycles. The second kappa shape index (κ2) is 8.30. The lowest BCUT2D eigenvalue weighted by molar-refractivity contribution is 0.0756. The summed E-state index contributed by atoms with van der Waals surface area (Å²) in [7, 11) is 0. The van der Waals surface area contributed by atoms with Crippen LogP contribution in [0.4, 0.5) is 11.6 Å². The van der Waals surface area contributed by atoms with Crippen molar-refractivity contribution in [3.8, 4) is 0 Å². The zero-order chi connectivity index (χ0) is 19.4. The minimum atomic E-state index is -0.499. The molecule has 1 aliphatic heterocycles. The average Bonchev–Trinajstić information content (AvgIpc) is 3.07. The maximum absolute atomic E-state index is 12.7. The van der Waals surface area contributed by atoms with Crippen LogP contribution in [0.25, 0.3) is 0 Å². The van der Waals surface area contributed by atoms with Gasteiger partial charge >= 0.3 is 0 Å². The fraction of sp³-hybridized carbons (Fsp3) is 0.474. The minimum Gasteiger partial charge on any atom is -0.379 e. The Morgan fingerprint density at radius 1 is 1.22 bits per heavy atom. The Morgan fingerprint density at radius 2 is 1.96 bits per heavy atom. The van der Waals surface area contributed by atoms with Crippen molar-refractivity contribution in [2.24, 2.45) is 0 Å². The van der Waals surface area contributed by atoms with Gasteiger partial charge in [-0.1, -0.05) is 17.7 Å². The number of aromatic nitrogens is 3. The summed E-state index contributed by atoms with van der Waals surface area (Å²) in [5, 5.41) is 10.7. The molecule has 8 heteroatoms. The smallest absolute Gasteiger partial charge is 0.286 e. The van der Waals surface area contributed by atoms with Crippen LogP contribution in [0.2, 0.25) is 0 Å². The van der Waals surface area contributed by atoms with Crippen molar-refractivity contribution >= 4 is 17.5 Å². The number of rotatable bonds is 7. The third-order valence-corrected chi connectivity index (χ3v) is 4.34. The van der Waals surface area contributed by atoms with Crippen LogP contribution >= 0.6 is 0 Å². The summed E-state index contributed by atoms with van der Waals surface area (Å²) in [6.07, 6.45) is 0.828. The van der Waals surface area contributed by atoms with E-state index in [-0.39, 0.29) is 11.8 Å². The van der Waals surface area contributed by atoms with Crippen molar-refractivity contribution in [3.63, 3.8) is 0 Å². The highest BCUT2D eigenvalue weighted by atomic mass is 16.5. The molecule has 0 saturated heterocycles. The largest absolute Gasteiger partial charge is 0.379 e. The number of aryl methyl sites for hydroxylation is 1. The lowest BCUT2D eigenvalue weighted by Gasteiger charge is -2.16. The first-order chi connectivity index (χ1) is 13.0. The molecule has 0 bridgehead atoms. The van der Waals surface area contributed by atoms with Crippen molar-refractivity contribution in [2.75, 3.05) is 24.6 Å². The molecule has 0 aliphatic carbocycles. The molecule has 1 amide bonds. The first-order valence-corrected chi connectivity index (χ1v) is 9.19. The average molecular weight is 371 g/mol. The molecule has 0 radical (unpaired) electrons. The van der Waals surface area contributed by atoms with Crippen molar-refractivity contribution in [2.45, 2.75) is 39.8 Å². The van der Waals surface area contributed by atoms with Gasteiger partial charge in [0.15, 0.2) is 0 Å². The van der Waals surface area contributed by atoms with Gasteiger partial charge in [0, 0.05) is 31.9 Å². The van der Waals surface area contributed by atoms with Gasteiger partial charge in [-0.2, -0.15) is 0 Å². The first-order valence-electron chi connectivity index (χ1n) is 9.19. The Labute approximate surface area is 158 Å². The van der Waals surface area contributed by atoms with E-state index >= 15 is 0 Å². The number of hydrogen-bond acceptors (Lipinski definition) is 6. The number of hydrogen-bond donors (Lipinski definition) is 1. The molecule has 2 heterocycles. The Bertz CT molecular complexity index is 861. The third kappa shape index (κ3) is 4.33. The Hall–Kier alpha value is -2.74. The van der Waals surface area contributed by atoms with Crippen LogP contribution < -0.4 is 15.8 Å². The predicted octanol–water partition coefficient (Wildman–Crippen LogP) is 1.64. The lowest BCUT2D eigenvalue weighted by Crippen LogP contribution is -2.35. The van der Waals surface area contributed by atoms with Gasteiger partial charge in [0.1, 0.15) is 0 Å². The summed E-state index contributed by atoms with van der Waals surface area (Å²) in [5.41, 5.74) is 1.52. The number of carbonyl (C=O) groups is 1. The summed E-state index contributed by atoms with van der Waals surface area (Å²) >= 11 is 0. The number of fused-ring (bicyclic) bond motifs is 1. The number of benzene rings is 1. The number of ether oxygens (including phenoxy) is 1. The summed E-state index contributed by atoms with van der Waals surface area (Å²) in [6, 6.07) is 7.98. The van der Waals surface area contributed by atoms with Crippen molar-refractivity contribution < 1.29 is 9.53 Å². The van der Waals surface area contributed by atoms with Crippen LogP contribution in [-0.4, -0.2) is 46.5 Å². The molecule has 0 atom stereocenters. The quantitative estimate of drug-likeness (QED) is 0.745. The van der Waals surface area contributed by atoms with Gasteiger partial charge in [-0.15, -0.1) is 10.2 Å². The van der Waals surface area contributed by atoms with E-state index in [0.29, 0.717) is 38.6 Å². The summed E-state index contributed by atoms with van der Waals surface area (Å²) < 4.78 is 6.93. The molecule has 0 unspecified atom stereocenters. The summed E-state index contributed by atoms with van der Waals surface area (Å²) in [6.45, 7) is 8.00. The van der Waals surface area contributed by atoms with Crippen molar-refractivity contribution in [3.05, 3.63) is 45.9 Å². The molecular weight excluding hydrogens is 346 g/mol. The fourth-order valence-electron chi connectivity index (χ4n) is 2.90. The number of carbonyl (C=O) groups excluding carboxylic acids is 1. The molecule has 144 valence electrons. The third-order valence-electron chi connectivity index (χ3n) is 4.34. The van der Waals surface area contributed by atoms with Crippen molar-refractivity contribution in [1.82, 2.24) is 20.1 Å². The van der Waals surface area contributed by atoms with E-state index in [9.17, 15) is 9.59 Å². The molecule has 0 saturated carbocycles. The van der Waals surface area contributed by atoms with Gasteiger partial charge in [0.05, 0.1) is 6.10 Å². The van der Waals surface area contributed by atoms with Crippen LogP contribution in [0.15, 0.2) is 29.1 Å². The zero-order valence-corrected chi connectivity index (χ0v) is 15.9. The maximum atomic E-state index is 12.7. The van der Waals surface area contributed by atoms with Crippen LogP contribution in [0.3, 0.4) is 0 Å². The SMILES string of the molecule is Cc1ccc(N2CCn3c2nnc(C(=O)NCCCOC(C)C)c3=O)cc1. The number of amides is 1. The van der Waals surface area contributed by atoms with Gasteiger partial charge in [-0.3, -0.25) is 14.2 Å². The highest BCUT2D eigenvalue weighted by Gasteiger charge is 2.27. The lowest BCUT2D eigenvalue weighted by atomic mass is 10.2.